The zero-order valence-corrected chi connectivity index (χ0v) is 11.9. The number of nitrogens with zero attached hydrogens (tertiary/aromatic N) is 1. The van der Waals surface area contributed by atoms with Crippen LogP contribution in [0.3, 0.4) is 0 Å². The number of morpholine rings is 1. The smallest absolute Gasteiger partial charge is 0.118 e. The molecule has 0 saturated carbocycles. The number of benzene rings is 1. The van der Waals surface area contributed by atoms with Gasteiger partial charge in [0.1, 0.15) is 5.75 Å². The van der Waals surface area contributed by atoms with Crippen LogP contribution in [0, 0.1) is 0 Å². The molecule has 0 bridgehead atoms. The van der Waals surface area contributed by atoms with Gasteiger partial charge in [-0.25, -0.2) is 0 Å². The summed E-state index contributed by atoms with van der Waals surface area (Å²) in [5, 5.41) is 10.6. The van der Waals surface area contributed by atoms with Crippen LogP contribution in [-0.2, 0) is 4.74 Å². The molecular weight excluding hydrogens is 242 g/mol. The minimum atomic E-state index is -0.531. The highest BCUT2D eigenvalue weighted by Gasteiger charge is 2.36. The SMILES string of the molecule is COc1ccc(C(O)C(C)(C)N2CCOCC2)cc1. The number of methoxy groups -OCH3 is 1. The third-order valence-corrected chi connectivity index (χ3v) is 3.93. The Labute approximate surface area is 114 Å². The zero-order chi connectivity index (χ0) is 13.9. The maximum atomic E-state index is 10.6. The van der Waals surface area contributed by atoms with Gasteiger partial charge in [0.15, 0.2) is 0 Å². The second kappa shape index (κ2) is 5.90. The number of hydrogen-bond acceptors (Lipinski definition) is 4. The molecular formula is C15H23NO3. The summed E-state index contributed by atoms with van der Waals surface area (Å²) in [5.41, 5.74) is 0.607. The Morgan fingerprint density at radius 3 is 2.32 bits per heavy atom. The van der Waals surface area contributed by atoms with Gasteiger partial charge in [-0.15, -0.1) is 0 Å². The van der Waals surface area contributed by atoms with E-state index >= 15 is 0 Å². The third-order valence-electron chi connectivity index (χ3n) is 3.93. The van der Waals surface area contributed by atoms with Crippen molar-refractivity contribution < 1.29 is 14.6 Å². The van der Waals surface area contributed by atoms with Gasteiger partial charge in [0.25, 0.3) is 0 Å². The van der Waals surface area contributed by atoms with Crippen molar-refractivity contribution in [3.05, 3.63) is 29.8 Å². The molecule has 1 aromatic carbocycles. The van der Waals surface area contributed by atoms with E-state index in [0.717, 1.165) is 37.6 Å². The highest BCUT2D eigenvalue weighted by atomic mass is 16.5. The summed E-state index contributed by atoms with van der Waals surface area (Å²) in [7, 11) is 1.64. The maximum absolute atomic E-state index is 10.6. The first-order valence-electron chi connectivity index (χ1n) is 6.70. The predicted octanol–water partition coefficient (Wildman–Crippen LogP) is 1.84. The minimum Gasteiger partial charge on any atom is -0.497 e. The Morgan fingerprint density at radius 2 is 1.79 bits per heavy atom. The van der Waals surface area contributed by atoms with E-state index in [2.05, 4.69) is 18.7 Å². The van der Waals surface area contributed by atoms with E-state index in [0.29, 0.717) is 0 Å². The average Bonchev–Trinajstić information content (AvgIpc) is 2.47. The van der Waals surface area contributed by atoms with Crippen molar-refractivity contribution >= 4 is 0 Å². The number of aliphatic hydroxyl groups is 1. The maximum Gasteiger partial charge on any atom is 0.118 e. The summed E-state index contributed by atoms with van der Waals surface area (Å²) in [6.45, 7) is 7.35. The Balaban J connectivity index is 2.13. The molecule has 0 spiro atoms. The molecule has 1 N–H and O–H groups in total. The van der Waals surface area contributed by atoms with Gasteiger partial charge in [0.2, 0.25) is 0 Å². The van der Waals surface area contributed by atoms with E-state index in [1.54, 1.807) is 7.11 Å². The molecule has 1 saturated heterocycles. The van der Waals surface area contributed by atoms with Crippen LogP contribution in [-0.4, -0.2) is 49.0 Å². The first kappa shape index (κ1) is 14.3. The van der Waals surface area contributed by atoms with E-state index in [9.17, 15) is 5.11 Å². The standard InChI is InChI=1S/C15H23NO3/c1-15(2,16-8-10-19-11-9-16)14(17)12-4-6-13(18-3)7-5-12/h4-7,14,17H,8-11H2,1-3H3. The second-order valence-corrected chi connectivity index (χ2v) is 5.43. The van der Waals surface area contributed by atoms with Crippen LogP contribution in [0.15, 0.2) is 24.3 Å². The first-order chi connectivity index (χ1) is 9.05. The van der Waals surface area contributed by atoms with E-state index < -0.39 is 6.10 Å². The molecule has 106 valence electrons. The highest BCUT2D eigenvalue weighted by Crippen LogP contribution is 2.32. The lowest BCUT2D eigenvalue weighted by atomic mass is 9.89. The van der Waals surface area contributed by atoms with Gasteiger partial charge >= 0.3 is 0 Å². The number of ether oxygens (including phenoxy) is 2. The molecule has 0 radical (unpaired) electrons. The molecule has 2 rings (SSSR count). The Morgan fingerprint density at radius 1 is 1.21 bits per heavy atom. The molecule has 1 unspecified atom stereocenters. The van der Waals surface area contributed by atoms with Gasteiger partial charge in [-0.2, -0.15) is 0 Å². The monoisotopic (exact) mass is 265 g/mol. The third kappa shape index (κ3) is 3.08. The predicted molar refractivity (Wildman–Crippen MR) is 74.4 cm³/mol. The molecule has 4 heteroatoms. The fourth-order valence-corrected chi connectivity index (χ4v) is 2.51. The lowest BCUT2D eigenvalue weighted by Crippen LogP contribution is -2.53. The van der Waals surface area contributed by atoms with E-state index in [4.69, 9.17) is 9.47 Å². The van der Waals surface area contributed by atoms with Crippen LogP contribution in [0.2, 0.25) is 0 Å². The molecule has 1 fully saturated rings. The van der Waals surface area contributed by atoms with Gasteiger partial charge in [-0.1, -0.05) is 12.1 Å². The van der Waals surface area contributed by atoms with Crippen molar-refractivity contribution in [2.24, 2.45) is 0 Å². The van der Waals surface area contributed by atoms with Crippen molar-refractivity contribution in [3.63, 3.8) is 0 Å². The van der Waals surface area contributed by atoms with E-state index in [1.807, 2.05) is 24.3 Å². The normalized spacial score (nSPS) is 19.2. The summed E-state index contributed by atoms with van der Waals surface area (Å²) < 4.78 is 10.5. The van der Waals surface area contributed by atoms with E-state index in [-0.39, 0.29) is 5.54 Å². The minimum absolute atomic E-state index is 0.307. The summed E-state index contributed by atoms with van der Waals surface area (Å²) in [4.78, 5) is 2.28. The number of hydrogen-bond donors (Lipinski definition) is 1. The van der Waals surface area contributed by atoms with Crippen molar-refractivity contribution in [1.82, 2.24) is 4.90 Å². The van der Waals surface area contributed by atoms with Gasteiger partial charge < -0.3 is 14.6 Å². The Kier molecular flexibility index (Phi) is 4.45. The summed E-state index contributed by atoms with van der Waals surface area (Å²) >= 11 is 0. The number of rotatable bonds is 4. The van der Waals surface area contributed by atoms with Crippen molar-refractivity contribution in [2.75, 3.05) is 33.4 Å². The molecule has 19 heavy (non-hydrogen) atoms. The molecule has 0 aliphatic carbocycles. The topological polar surface area (TPSA) is 41.9 Å². The fourth-order valence-electron chi connectivity index (χ4n) is 2.51. The summed E-state index contributed by atoms with van der Waals surface area (Å²) in [6, 6.07) is 7.61. The fraction of sp³-hybridized carbons (Fsp3) is 0.600. The summed E-state index contributed by atoms with van der Waals surface area (Å²) in [6.07, 6.45) is -0.531. The number of aliphatic hydroxyl groups excluding tert-OH is 1. The molecule has 1 heterocycles. The molecule has 1 aliphatic heterocycles. The van der Waals surface area contributed by atoms with Crippen LogP contribution < -0.4 is 4.74 Å². The highest BCUT2D eigenvalue weighted by molar-refractivity contribution is 5.29. The van der Waals surface area contributed by atoms with Gasteiger partial charge in [-0.3, -0.25) is 4.90 Å². The molecule has 1 aromatic rings. The second-order valence-electron chi connectivity index (χ2n) is 5.43. The van der Waals surface area contributed by atoms with E-state index in [1.165, 1.54) is 0 Å². The van der Waals surface area contributed by atoms with Crippen molar-refractivity contribution in [1.29, 1.82) is 0 Å². The van der Waals surface area contributed by atoms with Crippen LogP contribution in [0.25, 0.3) is 0 Å². The summed E-state index contributed by atoms with van der Waals surface area (Å²) in [5.74, 6) is 0.806. The molecule has 1 atom stereocenters. The molecule has 0 aromatic heterocycles. The molecule has 4 nitrogen and oxygen atoms in total. The van der Waals surface area contributed by atoms with Gasteiger partial charge in [0.05, 0.1) is 26.4 Å². The van der Waals surface area contributed by atoms with Crippen LogP contribution >= 0.6 is 0 Å². The van der Waals surface area contributed by atoms with Crippen molar-refractivity contribution in [2.45, 2.75) is 25.5 Å². The van der Waals surface area contributed by atoms with Gasteiger partial charge in [-0.05, 0) is 31.5 Å². The molecule has 0 amide bonds. The van der Waals surface area contributed by atoms with Crippen molar-refractivity contribution in [3.8, 4) is 5.75 Å². The Hall–Kier alpha value is -1.10. The lowest BCUT2D eigenvalue weighted by molar-refractivity contribution is -0.0630. The lowest BCUT2D eigenvalue weighted by Gasteiger charge is -2.43. The van der Waals surface area contributed by atoms with Crippen LogP contribution in [0.1, 0.15) is 25.5 Å². The largest absolute Gasteiger partial charge is 0.497 e. The quantitative estimate of drug-likeness (QED) is 0.902. The van der Waals surface area contributed by atoms with Gasteiger partial charge in [0, 0.05) is 18.6 Å². The molecule has 1 aliphatic rings. The van der Waals surface area contributed by atoms with Crippen LogP contribution in [0.4, 0.5) is 0 Å². The Bertz CT molecular complexity index is 396. The zero-order valence-electron chi connectivity index (χ0n) is 11.9. The average molecular weight is 265 g/mol. The van der Waals surface area contributed by atoms with Crippen LogP contribution in [0.5, 0.6) is 5.75 Å². The first-order valence-corrected chi connectivity index (χ1v) is 6.70.